The normalized spacial score (nSPS) is 19.5. The van der Waals surface area contributed by atoms with E-state index in [2.05, 4.69) is 5.32 Å². The Hall–Kier alpha value is -1.06. The minimum atomic E-state index is -0.485. The number of halogens is 1. The highest BCUT2D eigenvalue weighted by molar-refractivity contribution is 6.30. The Balaban J connectivity index is 2.29. The summed E-state index contributed by atoms with van der Waals surface area (Å²) >= 11 is 6.05. The first-order chi connectivity index (χ1) is 8.53. The maximum Gasteiger partial charge on any atom is 0.237 e. The van der Waals surface area contributed by atoms with E-state index in [1.165, 1.54) is 0 Å². The van der Waals surface area contributed by atoms with Gasteiger partial charge < -0.3 is 11.1 Å². The molecule has 2 rings (SSSR count). The summed E-state index contributed by atoms with van der Waals surface area (Å²) in [4.78, 5) is 11.9. The second-order valence-electron chi connectivity index (χ2n) is 5.08. The van der Waals surface area contributed by atoms with Crippen molar-refractivity contribution < 1.29 is 4.79 Å². The highest BCUT2D eigenvalue weighted by Gasteiger charge is 2.37. The van der Waals surface area contributed by atoms with E-state index in [-0.39, 0.29) is 11.4 Å². The van der Waals surface area contributed by atoms with Crippen LogP contribution in [0, 0.1) is 0 Å². The zero-order valence-electron chi connectivity index (χ0n) is 10.6. The first kappa shape index (κ1) is 13.4. The average molecular weight is 267 g/mol. The largest absolute Gasteiger partial charge is 0.345 e. The number of hydrogen-bond donors (Lipinski definition) is 2. The van der Waals surface area contributed by atoms with Gasteiger partial charge in [0.15, 0.2) is 0 Å². The molecule has 1 aromatic rings. The summed E-state index contributed by atoms with van der Waals surface area (Å²) in [6.07, 6.45) is 4.13. The third kappa shape index (κ3) is 2.68. The standard InChI is InChI=1S/C14H19ClN2O/c1-10(16)13(18)17-14(7-2-3-8-14)11-5-4-6-12(15)9-11/h4-6,9-10H,2-3,7-8,16H2,1H3,(H,17,18)/t10-/m0/s1. The van der Waals surface area contributed by atoms with Crippen molar-refractivity contribution in [2.45, 2.75) is 44.2 Å². The van der Waals surface area contributed by atoms with Crippen LogP contribution in [0.25, 0.3) is 0 Å². The van der Waals surface area contributed by atoms with Crippen LogP contribution in [0.15, 0.2) is 24.3 Å². The molecule has 0 bridgehead atoms. The summed E-state index contributed by atoms with van der Waals surface area (Å²) in [6.45, 7) is 1.70. The van der Waals surface area contributed by atoms with Crippen molar-refractivity contribution in [3.05, 3.63) is 34.9 Å². The molecule has 0 spiro atoms. The average Bonchev–Trinajstić information content (AvgIpc) is 2.78. The van der Waals surface area contributed by atoms with E-state index in [9.17, 15) is 4.79 Å². The molecule has 0 heterocycles. The predicted octanol–water partition coefficient (Wildman–Crippen LogP) is 2.57. The molecule has 1 amide bonds. The van der Waals surface area contributed by atoms with Gasteiger partial charge in [-0.15, -0.1) is 0 Å². The van der Waals surface area contributed by atoms with Gasteiger partial charge in [0.1, 0.15) is 0 Å². The smallest absolute Gasteiger partial charge is 0.237 e. The zero-order chi connectivity index (χ0) is 13.2. The fraction of sp³-hybridized carbons (Fsp3) is 0.500. The molecular formula is C14H19ClN2O. The van der Waals surface area contributed by atoms with Gasteiger partial charge >= 0.3 is 0 Å². The number of nitrogens with one attached hydrogen (secondary N) is 1. The lowest BCUT2D eigenvalue weighted by Gasteiger charge is -2.32. The van der Waals surface area contributed by atoms with Crippen LogP contribution < -0.4 is 11.1 Å². The molecule has 1 aliphatic carbocycles. The van der Waals surface area contributed by atoms with Crippen LogP contribution in [0.3, 0.4) is 0 Å². The second-order valence-corrected chi connectivity index (χ2v) is 5.51. The van der Waals surface area contributed by atoms with Crippen LogP contribution in [-0.4, -0.2) is 11.9 Å². The predicted molar refractivity (Wildman–Crippen MR) is 73.4 cm³/mol. The highest BCUT2D eigenvalue weighted by Crippen LogP contribution is 2.39. The SMILES string of the molecule is C[C@H](N)C(=O)NC1(c2cccc(Cl)c2)CCCC1. The summed E-state index contributed by atoms with van der Waals surface area (Å²) in [5.74, 6) is -0.100. The first-order valence-corrected chi connectivity index (χ1v) is 6.75. The second kappa shape index (κ2) is 5.29. The Morgan fingerprint density at radius 1 is 1.44 bits per heavy atom. The maximum atomic E-state index is 11.9. The molecule has 0 aliphatic heterocycles. The Morgan fingerprint density at radius 3 is 2.67 bits per heavy atom. The quantitative estimate of drug-likeness (QED) is 0.884. The third-order valence-corrected chi connectivity index (χ3v) is 3.85. The minimum Gasteiger partial charge on any atom is -0.345 e. The lowest BCUT2D eigenvalue weighted by molar-refractivity contribution is -0.124. The molecule has 0 radical (unpaired) electrons. The first-order valence-electron chi connectivity index (χ1n) is 6.37. The number of rotatable bonds is 3. The van der Waals surface area contributed by atoms with Gasteiger partial charge in [0.2, 0.25) is 5.91 Å². The molecule has 0 aromatic heterocycles. The molecular weight excluding hydrogens is 248 g/mol. The summed E-state index contributed by atoms with van der Waals surface area (Å²) in [7, 11) is 0. The fourth-order valence-electron chi connectivity index (χ4n) is 2.60. The van der Waals surface area contributed by atoms with Crippen LogP contribution in [-0.2, 0) is 10.3 Å². The van der Waals surface area contributed by atoms with E-state index < -0.39 is 6.04 Å². The van der Waals surface area contributed by atoms with Crippen LogP contribution in [0.2, 0.25) is 5.02 Å². The lowest BCUT2D eigenvalue weighted by Crippen LogP contribution is -2.49. The number of hydrogen-bond acceptors (Lipinski definition) is 2. The highest BCUT2D eigenvalue weighted by atomic mass is 35.5. The van der Waals surface area contributed by atoms with Crippen molar-refractivity contribution in [2.75, 3.05) is 0 Å². The number of carbonyl (C=O) groups is 1. The van der Waals surface area contributed by atoms with E-state index >= 15 is 0 Å². The van der Waals surface area contributed by atoms with Crippen molar-refractivity contribution in [1.29, 1.82) is 0 Å². The van der Waals surface area contributed by atoms with Gasteiger partial charge in [0, 0.05) is 5.02 Å². The van der Waals surface area contributed by atoms with Crippen LogP contribution >= 0.6 is 11.6 Å². The topological polar surface area (TPSA) is 55.1 Å². The molecule has 0 unspecified atom stereocenters. The van der Waals surface area contributed by atoms with Gasteiger partial charge in [-0.2, -0.15) is 0 Å². The molecule has 1 aliphatic rings. The molecule has 1 fully saturated rings. The van der Waals surface area contributed by atoms with Gasteiger partial charge in [-0.3, -0.25) is 4.79 Å². The molecule has 3 nitrogen and oxygen atoms in total. The van der Waals surface area contributed by atoms with Crippen LogP contribution in [0.5, 0.6) is 0 Å². The van der Waals surface area contributed by atoms with E-state index in [1.807, 2.05) is 24.3 Å². The van der Waals surface area contributed by atoms with Crippen LogP contribution in [0.1, 0.15) is 38.2 Å². The lowest BCUT2D eigenvalue weighted by atomic mass is 9.88. The fourth-order valence-corrected chi connectivity index (χ4v) is 2.79. The molecule has 1 saturated carbocycles. The molecule has 18 heavy (non-hydrogen) atoms. The van der Waals surface area contributed by atoms with Crippen molar-refractivity contribution >= 4 is 17.5 Å². The van der Waals surface area contributed by atoms with Gasteiger partial charge in [-0.1, -0.05) is 36.6 Å². The molecule has 1 atom stereocenters. The van der Waals surface area contributed by atoms with Crippen LogP contribution in [0.4, 0.5) is 0 Å². The summed E-state index contributed by atoms with van der Waals surface area (Å²) in [6, 6.07) is 7.26. The molecule has 98 valence electrons. The Morgan fingerprint density at radius 2 is 2.11 bits per heavy atom. The molecule has 4 heteroatoms. The third-order valence-electron chi connectivity index (χ3n) is 3.61. The Bertz CT molecular complexity index is 439. The van der Waals surface area contributed by atoms with E-state index in [1.54, 1.807) is 6.92 Å². The Labute approximate surface area is 113 Å². The summed E-state index contributed by atoms with van der Waals surface area (Å²) < 4.78 is 0. The Kier molecular flexibility index (Phi) is 3.93. The van der Waals surface area contributed by atoms with Gasteiger partial charge in [-0.25, -0.2) is 0 Å². The molecule has 0 saturated heterocycles. The monoisotopic (exact) mass is 266 g/mol. The van der Waals surface area contributed by atoms with Gasteiger partial charge in [0.25, 0.3) is 0 Å². The molecule has 3 N–H and O–H groups in total. The number of carbonyl (C=O) groups excluding carboxylic acids is 1. The summed E-state index contributed by atoms with van der Waals surface area (Å²) in [5, 5.41) is 3.82. The van der Waals surface area contributed by atoms with Gasteiger partial charge in [0.05, 0.1) is 11.6 Å². The van der Waals surface area contributed by atoms with Crippen molar-refractivity contribution in [2.24, 2.45) is 5.73 Å². The van der Waals surface area contributed by atoms with Crippen molar-refractivity contribution in [3.63, 3.8) is 0 Å². The number of nitrogens with two attached hydrogens (primary N) is 1. The van der Waals surface area contributed by atoms with E-state index in [0.29, 0.717) is 5.02 Å². The number of benzene rings is 1. The van der Waals surface area contributed by atoms with Gasteiger partial charge in [-0.05, 0) is 37.5 Å². The molecule has 1 aromatic carbocycles. The minimum absolute atomic E-state index is 0.100. The van der Waals surface area contributed by atoms with Crippen molar-refractivity contribution in [1.82, 2.24) is 5.32 Å². The van der Waals surface area contributed by atoms with E-state index in [4.69, 9.17) is 17.3 Å². The summed E-state index contributed by atoms with van der Waals surface area (Å²) in [5.41, 5.74) is 6.45. The maximum absolute atomic E-state index is 11.9. The van der Waals surface area contributed by atoms with E-state index in [0.717, 1.165) is 31.2 Å². The van der Waals surface area contributed by atoms with Crippen molar-refractivity contribution in [3.8, 4) is 0 Å². The number of amides is 1. The zero-order valence-corrected chi connectivity index (χ0v) is 11.3.